The van der Waals surface area contributed by atoms with Crippen molar-refractivity contribution in [1.82, 2.24) is 9.55 Å². The highest BCUT2D eigenvalue weighted by Gasteiger charge is 2.25. The number of H-pyrrole nitrogens is 1. The van der Waals surface area contributed by atoms with Gasteiger partial charge >= 0.3 is 0 Å². The monoisotopic (exact) mass is 351 g/mol. The summed E-state index contributed by atoms with van der Waals surface area (Å²) in [5.74, 6) is 0.152. The van der Waals surface area contributed by atoms with Crippen LogP contribution in [0.5, 0.6) is 11.6 Å². The zero-order valence-electron chi connectivity index (χ0n) is 13.2. The minimum Gasteiger partial charge on any atom is -0.497 e. The number of amides is 1. The smallest absolute Gasteiger partial charge is 0.280 e. The largest absolute Gasteiger partial charge is 0.497 e. The van der Waals surface area contributed by atoms with E-state index in [1.165, 1.54) is 4.57 Å². The number of carbonyl (C=O) groups excluding carboxylic acids is 1. The van der Waals surface area contributed by atoms with Gasteiger partial charge in [0.1, 0.15) is 11.4 Å². The topological polar surface area (TPSA) is 79.6 Å². The van der Waals surface area contributed by atoms with Crippen LogP contribution < -0.4 is 15.3 Å². The third-order valence-corrected chi connectivity index (χ3v) is 4.34. The van der Waals surface area contributed by atoms with Crippen LogP contribution in [0.3, 0.4) is 0 Å². The molecule has 0 fully saturated rings. The first-order valence-electron chi connectivity index (χ1n) is 7.51. The highest BCUT2D eigenvalue weighted by molar-refractivity contribution is 7.71. The van der Waals surface area contributed by atoms with E-state index in [1.807, 2.05) is 12.1 Å². The summed E-state index contributed by atoms with van der Waals surface area (Å²) in [6.45, 7) is 0. The Balaban J connectivity index is 1.94. The van der Waals surface area contributed by atoms with Crippen molar-refractivity contribution in [2.24, 2.45) is 4.99 Å². The van der Waals surface area contributed by atoms with Gasteiger partial charge in [0.25, 0.3) is 5.91 Å². The molecule has 2 N–H and O–H groups in total. The summed E-state index contributed by atoms with van der Waals surface area (Å²) in [7, 11) is 1.58. The summed E-state index contributed by atoms with van der Waals surface area (Å²) >= 11 is 5.34. The zero-order valence-corrected chi connectivity index (χ0v) is 14.0. The molecule has 0 atom stereocenters. The van der Waals surface area contributed by atoms with Crippen LogP contribution >= 0.6 is 12.2 Å². The molecule has 0 saturated heterocycles. The van der Waals surface area contributed by atoms with Crippen LogP contribution in [-0.2, 0) is 4.79 Å². The number of benzene rings is 2. The molecule has 1 aliphatic heterocycles. The van der Waals surface area contributed by atoms with Crippen molar-refractivity contribution >= 4 is 23.7 Å². The average Bonchev–Trinajstić information content (AvgIpc) is 3.10. The number of aromatic nitrogens is 2. The molecular weight excluding hydrogens is 338 g/mol. The van der Waals surface area contributed by atoms with Crippen molar-refractivity contribution in [3.63, 3.8) is 0 Å². The number of aromatic hydroxyl groups is 1. The second kappa shape index (κ2) is 5.71. The van der Waals surface area contributed by atoms with Gasteiger partial charge in [0.05, 0.1) is 23.7 Å². The number of nitrogens with zero attached hydrogens (tertiary/aromatic N) is 2. The molecule has 1 aromatic heterocycles. The third kappa shape index (κ3) is 2.36. The van der Waals surface area contributed by atoms with E-state index >= 15 is 0 Å². The number of hydrogen-bond donors (Lipinski definition) is 2. The predicted octanol–water partition coefficient (Wildman–Crippen LogP) is 1.61. The lowest BCUT2D eigenvalue weighted by atomic mass is 10.1. The molecule has 2 heterocycles. The van der Waals surface area contributed by atoms with E-state index in [0.717, 1.165) is 0 Å². The van der Waals surface area contributed by atoms with Crippen molar-refractivity contribution in [1.29, 1.82) is 0 Å². The van der Waals surface area contributed by atoms with Crippen LogP contribution in [0.2, 0.25) is 0 Å². The Morgan fingerprint density at radius 3 is 2.60 bits per heavy atom. The van der Waals surface area contributed by atoms with Gasteiger partial charge in [-0.1, -0.05) is 18.2 Å². The fraction of sp³-hybridized carbons (Fsp3) is 0.0556. The molecule has 0 radical (unpaired) electrons. The first kappa shape index (κ1) is 15.3. The van der Waals surface area contributed by atoms with E-state index in [1.54, 1.807) is 43.5 Å². The van der Waals surface area contributed by atoms with Crippen LogP contribution in [0.1, 0.15) is 5.69 Å². The predicted molar refractivity (Wildman–Crippen MR) is 93.9 cm³/mol. The van der Waals surface area contributed by atoms with Gasteiger partial charge in [-0.3, -0.25) is 9.36 Å². The number of carbonyl (C=O) groups is 1. The van der Waals surface area contributed by atoms with Crippen molar-refractivity contribution in [3.05, 3.63) is 69.6 Å². The van der Waals surface area contributed by atoms with Gasteiger partial charge in [0, 0.05) is 5.22 Å². The maximum absolute atomic E-state index is 12.3. The molecule has 7 heteroatoms. The fourth-order valence-electron chi connectivity index (χ4n) is 2.88. The summed E-state index contributed by atoms with van der Waals surface area (Å²) in [6.07, 6.45) is 0. The van der Waals surface area contributed by atoms with Gasteiger partial charge < -0.3 is 14.8 Å². The van der Waals surface area contributed by atoms with Crippen molar-refractivity contribution < 1.29 is 14.6 Å². The molecule has 25 heavy (non-hydrogen) atoms. The Labute approximate surface area is 147 Å². The second-order valence-corrected chi connectivity index (χ2v) is 5.86. The van der Waals surface area contributed by atoms with E-state index in [0.29, 0.717) is 27.6 Å². The molecule has 6 nitrogen and oxygen atoms in total. The Morgan fingerprint density at radius 1 is 1.16 bits per heavy atom. The van der Waals surface area contributed by atoms with Gasteiger partial charge in [-0.05, 0) is 42.5 Å². The molecule has 0 unspecified atom stereocenters. The van der Waals surface area contributed by atoms with E-state index in [9.17, 15) is 9.90 Å². The summed E-state index contributed by atoms with van der Waals surface area (Å²) in [5, 5.41) is 12.0. The quantitative estimate of drug-likeness (QED) is 0.703. The third-order valence-electron chi connectivity index (χ3n) is 4.06. The van der Waals surface area contributed by atoms with Gasteiger partial charge in [0.15, 0.2) is 4.77 Å². The molecule has 0 bridgehead atoms. The lowest BCUT2D eigenvalue weighted by molar-refractivity contribution is -0.112. The maximum atomic E-state index is 12.3. The van der Waals surface area contributed by atoms with E-state index in [2.05, 4.69) is 9.98 Å². The molecule has 124 valence electrons. The van der Waals surface area contributed by atoms with Gasteiger partial charge in [0.2, 0.25) is 5.88 Å². The number of nitrogens with one attached hydrogen (secondary N) is 1. The van der Waals surface area contributed by atoms with Crippen molar-refractivity contribution in [2.45, 2.75) is 0 Å². The summed E-state index contributed by atoms with van der Waals surface area (Å²) in [6, 6.07) is 14.2. The van der Waals surface area contributed by atoms with Gasteiger partial charge in [-0.15, -0.1) is 0 Å². The highest BCUT2D eigenvalue weighted by Crippen LogP contribution is 2.28. The molecule has 3 aromatic rings. The standard InChI is InChI=1S/C18H13N3O3S/c1-24-11-8-6-10(7-9-11)21-17(23)15(20-18(21)25)14-12-4-2-3-5-13(12)19-16(14)22/h2-9,23H,1H3,(H,20,25). The Morgan fingerprint density at radius 2 is 1.88 bits per heavy atom. The summed E-state index contributed by atoms with van der Waals surface area (Å²) < 4.78 is 6.88. The minimum absolute atomic E-state index is 0.134. The molecule has 0 aliphatic carbocycles. The average molecular weight is 351 g/mol. The number of para-hydroxylation sites is 1. The summed E-state index contributed by atoms with van der Waals surface area (Å²) in [5.41, 5.74) is 1.23. The Kier molecular flexibility index (Phi) is 3.51. The first-order valence-corrected chi connectivity index (χ1v) is 7.92. The number of hydrogen-bond acceptors (Lipinski definition) is 4. The van der Waals surface area contributed by atoms with Crippen LogP contribution in [0.15, 0.2) is 53.5 Å². The maximum Gasteiger partial charge on any atom is 0.280 e. The van der Waals surface area contributed by atoms with E-state index < -0.39 is 5.91 Å². The normalized spacial score (nSPS) is 12.8. The first-order chi connectivity index (χ1) is 12.1. The van der Waals surface area contributed by atoms with Crippen molar-refractivity contribution in [3.8, 4) is 17.3 Å². The summed E-state index contributed by atoms with van der Waals surface area (Å²) in [4.78, 5) is 19.3. The number of imidazole rings is 1. The van der Waals surface area contributed by atoms with E-state index in [4.69, 9.17) is 17.0 Å². The lowest BCUT2D eigenvalue weighted by Crippen LogP contribution is -2.22. The molecule has 1 amide bonds. The highest BCUT2D eigenvalue weighted by atomic mass is 32.1. The zero-order chi connectivity index (χ0) is 17.6. The Hall–Kier alpha value is -3.19. The molecule has 2 aromatic carbocycles. The molecular formula is C18H13N3O3S. The molecule has 0 spiro atoms. The fourth-order valence-corrected chi connectivity index (χ4v) is 3.17. The van der Waals surface area contributed by atoms with Crippen LogP contribution in [0.25, 0.3) is 11.3 Å². The number of methoxy groups -OCH3 is 1. The van der Waals surface area contributed by atoms with Crippen LogP contribution in [0.4, 0.5) is 0 Å². The number of fused-ring (bicyclic) bond motifs is 1. The van der Waals surface area contributed by atoms with Crippen LogP contribution in [0, 0.1) is 4.77 Å². The van der Waals surface area contributed by atoms with E-state index in [-0.39, 0.29) is 16.3 Å². The Bertz CT molecular complexity index is 1170. The van der Waals surface area contributed by atoms with Crippen LogP contribution in [-0.4, -0.2) is 27.7 Å². The van der Waals surface area contributed by atoms with Gasteiger partial charge in [-0.25, -0.2) is 4.99 Å². The number of aromatic amines is 1. The molecule has 0 saturated carbocycles. The van der Waals surface area contributed by atoms with Crippen molar-refractivity contribution in [2.75, 3.05) is 7.11 Å². The lowest BCUT2D eigenvalue weighted by Gasteiger charge is -2.06. The molecule has 4 rings (SSSR count). The SMILES string of the molecule is COc1ccc(-n2c(O)c(C3=c4ccccc4=NC3=O)[nH]c2=S)cc1. The number of rotatable bonds is 3. The minimum atomic E-state index is -0.408. The van der Waals surface area contributed by atoms with Gasteiger partial charge in [-0.2, -0.15) is 0 Å². The second-order valence-electron chi connectivity index (χ2n) is 5.47. The molecule has 1 aliphatic rings. The number of ether oxygens (including phenoxy) is 1.